The highest BCUT2D eigenvalue weighted by atomic mass is 32.1. The van der Waals surface area contributed by atoms with Crippen LogP contribution in [-0.4, -0.2) is 19.1 Å². The van der Waals surface area contributed by atoms with E-state index >= 15 is 0 Å². The van der Waals surface area contributed by atoms with E-state index < -0.39 is 0 Å². The van der Waals surface area contributed by atoms with Crippen molar-refractivity contribution in [3.05, 3.63) is 170 Å². The number of nitrogens with zero attached hydrogens (tertiary/aromatic N) is 4. The van der Waals surface area contributed by atoms with Crippen molar-refractivity contribution in [1.82, 2.24) is 19.1 Å². The second-order valence-electron chi connectivity index (χ2n) is 13.8. The van der Waals surface area contributed by atoms with Gasteiger partial charge in [0.2, 0.25) is 5.95 Å². The number of hydrogen-bond acceptors (Lipinski definition) is 3. The molecule has 8 aromatic carbocycles. The van der Waals surface area contributed by atoms with Crippen LogP contribution in [0.25, 0.3) is 108 Å². The molecule has 12 aromatic rings. The summed E-state index contributed by atoms with van der Waals surface area (Å²) in [5.74, 6) is 0.664. The lowest BCUT2D eigenvalue weighted by Gasteiger charge is -2.13. The van der Waals surface area contributed by atoms with Crippen molar-refractivity contribution in [2.24, 2.45) is 0 Å². The highest BCUT2D eigenvalue weighted by molar-refractivity contribution is 7.26. The molecule has 0 unspecified atom stereocenters. The zero-order valence-electron chi connectivity index (χ0n) is 28.4. The number of rotatable bonds is 3. The lowest BCUT2D eigenvalue weighted by atomic mass is 10.0. The van der Waals surface area contributed by atoms with E-state index in [2.05, 4.69) is 179 Å². The molecule has 0 saturated carbocycles. The van der Waals surface area contributed by atoms with Crippen molar-refractivity contribution in [1.29, 1.82) is 0 Å². The Kier molecular flexibility index (Phi) is 5.90. The minimum atomic E-state index is 0.664. The minimum Gasteiger partial charge on any atom is -0.309 e. The first-order valence-electron chi connectivity index (χ1n) is 17.9. The molecule has 0 aliphatic carbocycles. The molecule has 0 atom stereocenters. The SMILES string of the molecule is c1ccc2c(c1)ccc1c2c2cc(-n3c4ccccc4c4ccccc43)ccc2n1-c1nc(-c2cccc3c2sc2ccccc23)c2ccccc2n1. The molecule has 4 heterocycles. The smallest absolute Gasteiger partial charge is 0.235 e. The van der Waals surface area contributed by atoms with Gasteiger partial charge in [-0.2, -0.15) is 0 Å². The number of benzene rings is 8. The van der Waals surface area contributed by atoms with Gasteiger partial charge in [0.05, 0.1) is 33.3 Å². The van der Waals surface area contributed by atoms with Crippen LogP contribution in [-0.2, 0) is 0 Å². The van der Waals surface area contributed by atoms with Crippen molar-refractivity contribution in [2.75, 3.05) is 0 Å². The summed E-state index contributed by atoms with van der Waals surface area (Å²) in [6.07, 6.45) is 0. The van der Waals surface area contributed by atoms with Crippen molar-refractivity contribution in [3.8, 4) is 22.9 Å². The molecule has 0 N–H and O–H groups in total. The molecule has 53 heavy (non-hydrogen) atoms. The predicted molar refractivity (Wildman–Crippen MR) is 224 cm³/mol. The third-order valence-electron chi connectivity index (χ3n) is 10.9. The normalized spacial score (nSPS) is 12.2. The van der Waals surface area contributed by atoms with Crippen LogP contribution in [0.5, 0.6) is 0 Å². The predicted octanol–water partition coefficient (Wildman–Crippen LogP) is 13.0. The standard InChI is InChI=1S/C48H28N4S/c1-2-13-31-29(12-1)24-26-43-45(31)38-28-30(51-40-21-8-4-14-32(40)33-15-5-9-22-41(33)51)25-27-42(38)52(43)48-49-39-20-7-3-17-36(39)46(50-48)37-19-11-18-35-34-16-6-10-23-44(34)53-47(35)37/h1-28H. The summed E-state index contributed by atoms with van der Waals surface area (Å²) in [6, 6.07) is 61.1. The third kappa shape index (κ3) is 4.05. The van der Waals surface area contributed by atoms with Crippen LogP contribution in [0.15, 0.2) is 170 Å². The molecule has 4 nitrogen and oxygen atoms in total. The van der Waals surface area contributed by atoms with E-state index in [4.69, 9.17) is 9.97 Å². The van der Waals surface area contributed by atoms with Crippen LogP contribution in [0.3, 0.4) is 0 Å². The number of aromatic nitrogens is 4. The third-order valence-corrected chi connectivity index (χ3v) is 12.1. The van der Waals surface area contributed by atoms with E-state index in [1.807, 2.05) is 11.3 Å². The van der Waals surface area contributed by atoms with E-state index in [0.29, 0.717) is 5.95 Å². The van der Waals surface area contributed by atoms with Crippen molar-refractivity contribution >= 4 is 96.8 Å². The maximum atomic E-state index is 5.52. The molecular weight excluding hydrogens is 665 g/mol. The van der Waals surface area contributed by atoms with E-state index in [-0.39, 0.29) is 0 Å². The second-order valence-corrected chi connectivity index (χ2v) is 14.8. The molecule has 0 fully saturated rings. The van der Waals surface area contributed by atoms with Crippen LogP contribution in [0.2, 0.25) is 0 Å². The van der Waals surface area contributed by atoms with E-state index in [9.17, 15) is 0 Å². The van der Waals surface area contributed by atoms with Gasteiger partial charge >= 0.3 is 0 Å². The first-order valence-corrected chi connectivity index (χ1v) is 18.7. The maximum Gasteiger partial charge on any atom is 0.235 e. The molecule has 0 amide bonds. The van der Waals surface area contributed by atoms with Gasteiger partial charge in [0.1, 0.15) is 0 Å². The molecule has 4 aromatic heterocycles. The molecule has 12 rings (SSSR count). The molecule has 0 bridgehead atoms. The van der Waals surface area contributed by atoms with Gasteiger partial charge in [-0.15, -0.1) is 11.3 Å². The summed E-state index contributed by atoms with van der Waals surface area (Å²) in [5.41, 5.74) is 8.66. The Morgan fingerprint density at radius 2 is 1.06 bits per heavy atom. The van der Waals surface area contributed by atoms with Gasteiger partial charge in [-0.05, 0) is 59.3 Å². The van der Waals surface area contributed by atoms with Crippen LogP contribution < -0.4 is 0 Å². The minimum absolute atomic E-state index is 0.664. The van der Waals surface area contributed by atoms with Gasteiger partial charge in [-0.1, -0.05) is 121 Å². The molecule has 5 heteroatoms. The highest BCUT2D eigenvalue weighted by Gasteiger charge is 2.21. The van der Waals surface area contributed by atoms with Gasteiger partial charge in [-0.3, -0.25) is 4.57 Å². The molecular formula is C48H28N4S. The van der Waals surface area contributed by atoms with Crippen LogP contribution in [0.4, 0.5) is 0 Å². The quantitative estimate of drug-likeness (QED) is 0.185. The van der Waals surface area contributed by atoms with Gasteiger partial charge in [0, 0.05) is 58.4 Å². The van der Waals surface area contributed by atoms with Gasteiger partial charge in [0.25, 0.3) is 0 Å². The Balaban J connectivity index is 1.18. The lowest BCUT2D eigenvalue weighted by Crippen LogP contribution is -2.03. The molecule has 0 saturated heterocycles. The topological polar surface area (TPSA) is 35.6 Å². The van der Waals surface area contributed by atoms with Crippen molar-refractivity contribution < 1.29 is 0 Å². The zero-order chi connectivity index (χ0) is 34.6. The molecule has 0 spiro atoms. The fourth-order valence-corrected chi connectivity index (χ4v) is 9.85. The van der Waals surface area contributed by atoms with Crippen LogP contribution in [0, 0.1) is 0 Å². The fourth-order valence-electron chi connectivity index (χ4n) is 8.64. The summed E-state index contributed by atoms with van der Waals surface area (Å²) >= 11 is 1.83. The Bertz CT molecular complexity index is 3420. The number of thiophene rings is 1. The largest absolute Gasteiger partial charge is 0.309 e. The first kappa shape index (κ1) is 28.8. The summed E-state index contributed by atoms with van der Waals surface area (Å²) in [4.78, 5) is 10.8. The van der Waals surface area contributed by atoms with E-state index in [1.54, 1.807) is 0 Å². The first-order chi connectivity index (χ1) is 26.3. The van der Waals surface area contributed by atoms with Gasteiger partial charge in [0.15, 0.2) is 0 Å². The van der Waals surface area contributed by atoms with Crippen LogP contribution >= 0.6 is 11.3 Å². The second kappa shape index (κ2) is 10.8. The Hall–Kier alpha value is -6.82. The van der Waals surface area contributed by atoms with Crippen molar-refractivity contribution in [2.45, 2.75) is 0 Å². The fraction of sp³-hybridized carbons (Fsp3) is 0. The lowest BCUT2D eigenvalue weighted by molar-refractivity contribution is 1.01. The monoisotopic (exact) mass is 692 g/mol. The number of hydrogen-bond donors (Lipinski definition) is 0. The van der Waals surface area contributed by atoms with E-state index in [1.165, 1.54) is 63.5 Å². The molecule has 0 aliphatic heterocycles. The highest BCUT2D eigenvalue weighted by Crippen LogP contribution is 2.43. The summed E-state index contributed by atoms with van der Waals surface area (Å²) in [5, 5.41) is 10.9. The van der Waals surface area contributed by atoms with E-state index in [0.717, 1.165) is 38.9 Å². The summed E-state index contributed by atoms with van der Waals surface area (Å²) in [7, 11) is 0. The average Bonchev–Trinajstić information content (AvgIpc) is 3.88. The van der Waals surface area contributed by atoms with Gasteiger partial charge < -0.3 is 4.57 Å². The zero-order valence-corrected chi connectivity index (χ0v) is 29.2. The summed E-state index contributed by atoms with van der Waals surface area (Å²) in [6.45, 7) is 0. The van der Waals surface area contributed by atoms with Crippen molar-refractivity contribution in [3.63, 3.8) is 0 Å². The Morgan fingerprint density at radius 3 is 1.89 bits per heavy atom. The Morgan fingerprint density at radius 1 is 0.415 bits per heavy atom. The molecule has 0 aliphatic rings. The number of para-hydroxylation sites is 3. The van der Waals surface area contributed by atoms with Gasteiger partial charge in [-0.25, -0.2) is 9.97 Å². The van der Waals surface area contributed by atoms with Crippen LogP contribution in [0.1, 0.15) is 0 Å². The summed E-state index contributed by atoms with van der Waals surface area (Å²) < 4.78 is 7.19. The molecule has 246 valence electrons. The Labute approximate surface area is 307 Å². The number of fused-ring (bicyclic) bond motifs is 12. The average molecular weight is 693 g/mol. The molecule has 0 radical (unpaired) electrons. The maximum absolute atomic E-state index is 5.52.